The fourth-order valence-electron chi connectivity index (χ4n) is 1.89. The van der Waals surface area contributed by atoms with Gasteiger partial charge in [0, 0.05) is 5.56 Å². The molecule has 7 heteroatoms. The molecule has 0 bridgehead atoms. The number of nitrogens with zero attached hydrogens (tertiary/aromatic N) is 2. The first-order valence-corrected chi connectivity index (χ1v) is 7.13. The number of rotatable bonds is 6. The van der Waals surface area contributed by atoms with Crippen LogP contribution in [0.5, 0.6) is 5.75 Å². The maximum atomic E-state index is 13.3. The normalized spacial score (nSPS) is 10.4. The van der Waals surface area contributed by atoms with E-state index in [-0.39, 0.29) is 18.2 Å². The maximum Gasteiger partial charge on any atom is 0.344 e. The fourth-order valence-corrected chi connectivity index (χ4v) is 1.89. The van der Waals surface area contributed by atoms with E-state index in [1.54, 1.807) is 6.07 Å². The summed E-state index contributed by atoms with van der Waals surface area (Å²) in [6.45, 7) is -0.597. The van der Waals surface area contributed by atoms with Crippen LogP contribution in [-0.4, -0.2) is 22.8 Å². The summed E-state index contributed by atoms with van der Waals surface area (Å²) in [6.07, 6.45) is 0. The number of aromatic nitrogens is 2. The molecule has 0 saturated carbocycles. The Bertz CT molecular complexity index is 820. The van der Waals surface area contributed by atoms with Gasteiger partial charge in [-0.1, -0.05) is 30.3 Å². The van der Waals surface area contributed by atoms with Crippen LogP contribution >= 0.6 is 0 Å². The van der Waals surface area contributed by atoms with Crippen LogP contribution in [0.1, 0.15) is 5.89 Å². The molecule has 3 aromatic rings. The first kappa shape index (κ1) is 15.7. The monoisotopic (exact) mass is 328 g/mol. The van der Waals surface area contributed by atoms with Crippen molar-refractivity contribution >= 4 is 5.97 Å². The fraction of sp³-hybridized carbons (Fsp3) is 0.118. The summed E-state index contributed by atoms with van der Waals surface area (Å²) in [5.74, 6) is -0.733. The van der Waals surface area contributed by atoms with Gasteiger partial charge in [0.1, 0.15) is 0 Å². The second kappa shape index (κ2) is 7.36. The van der Waals surface area contributed by atoms with Gasteiger partial charge in [-0.25, -0.2) is 9.18 Å². The lowest BCUT2D eigenvalue weighted by Gasteiger charge is -2.06. The molecule has 0 saturated heterocycles. The smallest absolute Gasteiger partial charge is 0.344 e. The number of benzene rings is 2. The van der Waals surface area contributed by atoms with E-state index in [9.17, 15) is 9.18 Å². The Balaban J connectivity index is 1.50. The van der Waals surface area contributed by atoms with Gasteiger partial charge in [-0.15, -0.1) is 10.2 Å². The quantitative estimate of drug-likeness (QED) is 0.648. The minimum Gasteiger partial charge on any atom is -0.479 e. The molecular weight excluding hydrogens is 315 g/mol. The van der Waals surface area contributed by atoms with Gasteiger partial charge in [0.15, 0.2) is 24.8 Å². The summed E-state index contributed by atoms with van der Waals surface area (Å²) in [7, 11) is 0. The van der Waals surface area contributed by atoms with Gasteiger partial charge < -0.3 is 13.9 Å². The number of esters is 1. The molecule has 0 spiro atoms. The van der Waals surface area contributed by atoms with Crippen LogP contribution < -0.4 is 4.74 Å². The van der Waals surface area contributed by atoms with Crippen molar-refractivity contribution in [3.8, 4) is 17.2 Å². The minimum absolute atomic E-state index is 0.0152. The molecule has 1 heterocycles. The summed E-state index contributed by atoms with van der Waals surface area (Å²) in [4.78, 5) is 11.6. The molecule has 3 rings (SSSR count). The number of halogens is 1. The number of hydrogen-bond acceptors (Lipinski definition) is 6. The van der Waals surface area contributed by atoms with Crippen LogP contribution in [0.25, 0.3) is 11.5 Å². The van der Waals surface area contributed by atoms with E-state index < -0.39 is 18.4 Å². The maximum absolute atomic E-state index is 13.3. The Morgan fingerprint density at radius 2 is 1.79 bits per heavy atom. The molecular formula is C17H13FN2O4. The molecule has 24 heavy (non-hydrogen) atoms. The van der Waals surface area contributed by atoms with Gasteiger partial charge in [0.25, 0.3) is 5.89 Å². The lowest BCUT2D eigenvalue weighted by atomic mass is 10.2. The summed E-state index contributed by atoms with van der Waals surface area (Å²) in [5, 5.41) is 7.68. The Labute approximate surface area is 136 Å². The van der Waals surface area contributed by atoms with Crippen molar-refractivity contribution in [2.24, 2.45) is 0 Å². The molecule has 0 aliphatic carbocycles. The SMILES string of the molecule is O=C(COc1ccccc1F)OCc1nnc(-c2ccccc2)o1. The third-order valence-corrected chi connectivity index (χ3v) is 3.03. The highest BCUT2D eigenvalue weighted by Crippen LogP contribution is 2.17. The van der Waals surface area contributed by atoms with Crippen molar-refractivity contribution in [1.29, 1.82) is 0 Å². The lowest BCUT2D eigenvalue weighted by Crippen LogP contribution is -2.15. The Morgan fingerprint density at radius 3 is 2.58 bits per heavy atom. The second-order valence-corrected chi connectivity index (χ2v) is 4.75. The highest BCUT2D eigenvalue weighted by molar-refractivity contribution is 5.71. The first-order valence-electron chi connectivity index (χ1n) is 7.13. The zero-order chi connectivity index (χ0) is 16.8. The Hall–Kier alpha value is -3.22. The molecule has 0 atom stereocenters. The van der Waals surface area contributed by atoms with Crippen molar-refractivity contribution in [2.75, 3.05) is 6.61 Å². The molecule has 0 N–H and O–H groups in total. The van der Waals surface area contributed by atoms with E-state index in [0.717, 1.165) is 5.56 Å². The molecule has 2 aromatic carbocycles. The van der Waals surface area contributed by atoms with Crippen LogP contribution in [-0.2, 0) is 16.1 Å². The topological polar surface area (TPSA) is 74.5 Å². The predicted molar refractivity (Wildman–Crippen MR) is 81.4 cm³/mol. The minimum atomic E-state index is -0.669. The number of para-hydroxylation sites is 1. The van der Waals surface area contributed by atoms with Crippen LogP contribution in [0.15, 0.2) is 59.0 Å². The molecule has 1 aromatic heterocycles. The van der Waals surface area contributed by atoms with Crippen molar-refractivity contribution in [1.82, 2.24) is 10.2 Å². The van der Waals surface area contributed by atoms with Gasteiger partial charge in [0.2, 0.25) is 5.89 Å². The molecule has 0 aliphatic rings. The molecule has 0 fully saturated rings. The average molecular weight is 328 g/mol. The summed E-state index contributed by atoms with van der Waals surface area (Å²) in [6, 6.07) is 15.0. The zero-order valence-corrected chi connectivity index (χ0v) is 12.5. The van der Waals surface area contributed by atoms with E-state index in [4.69, 9.17) is 13.9 Å². The highest BCUT2D eigenvalue weighted by Gasteiger charge is 2.12. The van der Waals surface area contributed by atoms with Crippen molar-refractivity contribution in [3.05, 3.63) is 66.3 Å². The molecule has 0 radical (unpaired) electrons. The Kier molecular flexibility index (Phi) is 4.81. The molecule has 6 nitrogen and oxygen atoms in total. The summed E-state index contributed by atoms with van der Waals surface area (Å²) < 4.78 is 28.7. The van der Waals surface area contributed by atoms with Gasteiger partial charge in [-0.05, 0) is 24.3 Å². The first-order chi connectivity index (χ1) is 11.7. The number of carbonyl (C=O) groups excluding carboxylic acids is 1. The third kappa shape index (κ3) is 3.95. The number of carbonyl (C=O) groups is 1. The number of hydrogen-bond donors (Lipinski definition) is 0. The molecule has 122 valence electrons. The van der Waals surface area contributed by atoms with E-state index in [0.29, 0.717) is 5.89 Å². The third-order valence-electron chi connectivity index (χ3n) is 3.03. The lowest BCUT2D eigenvalue weighted by molar-refractivity contribution is -0.148. The predicted octanol–water partition coefficient (Wildman–Crippen LogP) is 3.00. The van der Waals surface area contributed by atoms with Crippen molar-refractivity contribution < 1.29 is 23.1 Å². The van der Waals surface area contributed by atoms with Gasteiger partial charge in [-0.2, -0.15) is 0 Å². The van der Waals surface area contributed by atoms with Crippen LogP contribution in [0.2, 0.25) is 0 Å². The second-order valence-electron chi connectivity index (χ2n) is 4.75. The zero-order valence-electron chi connectivity index (χ0n) is 12.5. The van der Waals surface area contributed by atoms with E-state index in [1.807, 2.05) is 30.3 Å². The number of ether oxygens (including phenoxy) is 2. The van der Waals surface area contributed by atoms with Crippen molar-refractivity contribution in [3.63, 3.8) is 0 Å². The van der Waals surface area contributed by atoms with E-state index in [2.05, 4.69) is 10.2 Å². The average Bonchev–Trinajstić information content (AvgIpc) is 3.09. The largest absolute Gasteiger partial charge is 0.479 e. The van der Waals surface area contributed by atoms with Crippen LogP contribution in [0.3, 0.4) is 0 Å². The highest BCUT2D eigenvalue weighted by atomic mass is 19.1. The van der Waals surface area contributed by atoms with Gasteiger partial charge in [-0.3, -0.25) is 0 Å². The van der Waals surface area contributed by atoms with Crippen LogP contribution in [0.4, 0.5) is 4.39 Å². The Morgan fingerprint density at radius 1 is 1.04 bits per heavy atom. The van der Waals surface area contributed by atoms with Gasteiger partial charge >= 0.3 is 5.97 Å². The van der Waals surface area contributed by atoms with E-state index >= 15 is 0 Å². The molecule has 0 unspecified atom stereocenters. The van der Waals surface area contributed by atoms with Crippen LogP contribution in [0, 0.1) is 5.82 Å². The standard InChI is InChI=1S/C17H13FN2O4/c18-13-8-4-5-9-14(13)22-11-16(21)23-10-15-19-20-17(24-15)12-6-2-1-3-7-12/h1-9H,10-11H2. The summed E-state index contributed by atoms with van der Waals surface area (Å²) in [5.41, 5.74) is 0.769. The van der Waals surface area contributed by atoms with E-state index in [1.165, 1.54) is 18.2 Å². The van der Waals surface area contributed by atoms with Crippen molar-refractivity contribution in [2.45, 2.75) is 6.61 Å². The van der Waals surface area contributed by atoms with Gasteiger partial charge in [0.05, 0.1) is 0 Å². The summed E-state index contributed by atoms with van der Waals surface area (Å²) >= 11 is 0. The molecule has 0 amide bonds. The molecule has 0 aliphatic heterocycles.